The second kappa shape index (κ2) is 2.25. The zero-order valence-electron chi connectivity index (χ0n) is 5.28. The number of rotatable bonds is 0. The molecule has 1 heteroatoms. The summed E-state index contributed by atoms with van der Waals surface area (Å²) in [5.74, 6) is 0. The third-order valence-corrected chi connectivity index (χ3v) is 1.61. The van der Waals surface area contributed by atoms with E-state index in [9.17, 15) is 0 Å². The van der Waals surface area contributed by atoms with Crippen molar-refractivity contribution in [1.29, 1.82) is 0 Å². The van der Waals surface area contributed by atoms with Crippen LogP contribution in [-0.4, -0.2) is 14.5 Å². The summed E-state index contributed by atoms with van der Waals surface area (Å²) in [5, 5.41) is 3.40. The van der Waals surface area contributed by atoms with Crippen LogP contribution in [0.2, 0.25) is 5.04 Å². The average Bonchev–Trinajstić information content (AvgIpc) is 1.30. The van der Waals surface area contributed by atoms with Gasteiger partial charge in [0.05, 0.1) is 9.13 Å². The first-order valence-corrected chi connectivity index (χ1v) is 3.59. The van der Waals surface area contributed by atoms with Crippen LogP contribution in [0.3, 0.4) is 0 Å². The largest absolute Gasteiger partial charge is 0.167 e. The Morgan fingerprint density at radius 1 is 1.43 bits per heavy atom. The van der Waals surface area contributed by atoms with Crippen LogP contribution in [0.5, 0.6) is 0 Å². The highest BCUT2D eigenvalue weighted by Crippen LogP contribution is 2.15. The van der Waals surface area contributed by atoms with Crippen molar-refractivity contribution < 1.29 is 0 Å². The highest BCUT2D eigenvalue weighted by atomic mass is 28.2. The van der Waals surface area contributed by atoms with Crippen LogP contribution in [0.4, 0.5) is 0 Å². The van der Waals surface area contributed by atoms with Crippen molar-refractivity contribution in [2.24, 2.45) is 0 Å². The Hall–Kier alpha value is -0.133. The Labute approximate surface area is 47.7 Å². The van der Waals surface area contributed by atoms with Crippen LogP contribution in [0.25, 0.3) is 0 Å². The van der Waals surface area contributed by atoms with Gasteiger partial charge in [-0.1, -0.05) is 27.4 Å². The molecule has 0 aromatic rings. The van der Waals surface area contributed by atoms with Crippen molar-refractivity contribution in [3.63, 3.8) is 0 Å². The normalized spacial score (nSPS) is 10.1. The topological polar surface area (TPSA) is 0 Å². The smallest absolute Gasteiger partial charge is 0.0547 e. The molecule has 0 aromatic heterocycles. The summed E-state index contributed by atoms with van der Waals surface area (Å²) in [4.78, 5) is 0. The van der Waals surface area contributed by atoms with Gasteiger partial charge in [-0.15, -0.1) is 0 Å². The summed E-state index contributed by atoms with van der Waals surface area (Å²) < 4.78 is 0. The molecule has 0 heterocycles. The summed E-state index contributed by atoms with van der Waals surface area (Å²) in [6, 6.07) is 0. The van der Waals surface area contributed by atoms with Crippen LogP contribution in [-0.2, 0) is 0 Å². The summed E-state index contributed by atoms with van der Waals surface area (Å²) in [6.07, 6.45) is 0. The predicted molar refractivity (Wildman–Crippen MR) is 37.5 cm³/mol. The second-order valence-electron chi connectivity index (χ2n) is 2.71. The molecule has 0 aromatic carbocycles. The Morgan fingerprint density at radius 2 is 1.86 bits per heavy atom. The van der Waals surface area contributed by atoms with Gasteiger partial charge in [-0.05, 0) is 5.04 Å². The maximum atomic E-state index is 3.56. The molecule has 0 saturated heterocycles. The Morgan fingerprint density at radius 3 is 1.86 bits per heavy atom. The number of hydrogen-bond donors (Lipinski definition) is 0. The van der Waals surface area contributed by atoms with Crippen molar-refractivity contribution in [2.45, 2.75) is 25.8 Å². The lowest BCUT2D eigenvalue weighted by atomic mass is 10.3. The molecule has 0 N–H and O–H groups in total. The predicted octanol–water partition coefficient (Wildman–Crippen LogP) is 1.23. The highest BCUT2D eigenvalue weighted by Gasteiger charge is 2.01. The molecule has 0 bridgehead atoms. The van der Waals surface area contributed by atoms with E-state index in [4.69, 9.17) is 0 Å². The van der Waals surface area contributed by atoms with Crippen LogP contribution >= 0.6 is 0 Å². The van der Waals surface area contributed by atoms with Crippen molar-refractivity contribution in [3.05, 3.63) is 6.58 Å². The molecule has 0 spiro atoms. The minimum atomic E-state index is 0.331. The molecule has 40 valence electrons. The second-order valence-corrected chi connectivity index (χ2v) is 5.14. The van der Waals surface area contributed by atoms with Gasteiger partial charge in [0.15, 0.2) is 0 Å². The van der Waals surface area contributed by atoms with Crippen LogP contribution in [0, 0.1) is 0 Å². The van der Waals surface area contributed by atoms with E-state index in [2.05, 4.69) is 32.7 Å². The van der Waals surface area contributed by atoms with Gasteiger partial charge in [0.25, 0.3) is 0 Å². The Bertz CT molecular complexity index is 91.2. The SMILES string of the molecule is C=C=[SiH]C(C)(C)C. The molecule has 7 heavy (non-hydrogen) atoms. The van der Waals surface area contributed by atoms with Gasteiger partial charge in [0.1, 0.15) is 0 Å². The van der Waals surface area contributed by atoms with E-state index in [1.165, 1.54) is 0 Å². The molecule has 0 saturated carbocycles. The first-order chi connectivity index (χ1) is 3.06. The van der Waals surface area contributed by atoms with Crippen molar-refractivity contribution in [2.75, 3.05) is 0 Å². The molecule has 0 nitrogen and oxygen atoms in total. The fraction of sp³-hybridized carbons (Fsp3) is 0.667. The molecule has 0 unspecified atom stereocenters. The molecular formula is C6H12Si. The average molecular weight is 112 g/mol. The van der Waals surface area contributed by atoms with E-state index in [1.807, 2.05) is 0 Å². The minimum absolute atomic E-state index is 0.331. The lowest BCUT2D eigenvalue weighted by Gasteiger charge is -2.07. The fourth-order valence-electron chi connectivity index (χ4n) is 0.306. The molecule has 0 amide bonds. The quantitative estimate of drug-likeness (QED) is 0.413. The molecule has 0 aliphatic rings. The third-order valence-electron chi connectivity index (χ3n) is 0.535. The van der Waals surface area contributed by atoms with Gasteiger partial charge in [-0.25, -0.2) is 0 Å². The summed E-state index contributed by atoms with van der Waals surface area (Å²) >= 11 is 0. The maximum absolute atomic E-state index is 3.56. The fourth-order valence-corrected chi connectivity index (χ4v) is 0.919. The standard InChI is InChI=1S/C6H12Si/c1-5-7-6(2,3)4/h7H,1H2,2-4H3. The van der Waals surface area contributed by atoms with Crippen LogP contribution in [0.1, 0.15) is 20.8 Å². The van der Waals surface area contributed by atoms with Crippen molar-refractivity contribution in [3.8, 4) is 0 Å². The Balaban J connectivity index is 3.80. The van der Waals surface area contributed by atoms with Gasteiger partial charge in [0.2, 0.25) is 0 Å². The molecular weight excluding hydrogens is 100 g/mol. The molecule has 0 aliphatic carbocycles. The maximum Gasteiger partial charge on any atom is 0.0547 e. The van der Waals surface area contributed by atoms with E-state index < -0.39 is 0 Å². The lowest BCUT2D eigenvalue weighted by Crippen LogP contribution is -1.98. The van der Waals surface area contributed by atoms with E-state index in [0.29, 0.717) is 14.2 Å². The molecule has 0 aliphatic heterocycles. The minimum Gasteiger partial charge on any atom is -0.167 e. The zero-order valence-corrected chi connectivity index (χ0v) is 6.44. The van der Waals surface area contributed by atoms with Crippen LogP contribution in [0.15, 0.2) is 6.58 Å². The van der Waals surface area contributed by atoms with Crippen LogP contribution < -0.4 is 0 Å². The van der Waals surface area contributed by atoms with Gasteiger partial charge in [0, 0.05) is 0 Å². The van der Waals surface area contributed by atoms with Gasteiger partial charge < -0.3 is 0 Å². The first kappa shape index (κ1) is 6.87. The monoisotopic (exact) mass is 112 g/mol. The molecule has 0 rings (SSSR count). The molecule has 0 atom stereocenters. The summed E-state index contributed by atoms with van der Waals surface area (Å²) in [5.41, 5.74) is 0. The molecule has 0 radical (unpaired) electrons. The lowest BCUT2D eigenvalue weighted by molar-refractivity contribution is 0.765. The first-order valence-electron chi connectivity index (χ1n) is 2.43. The zero-order chi connectivity index (χ0) is 5.91. The molecule has 0 fully saturated rings. The van der Waals surface area contributed by atoms with E-state index >= 15 is 0 Å². The van der Waals surface area contributed by atoms with Crippen molar-refractivity contribution >= 4 is 14.5 Å². The van der Waals surface area contributed by atoms with E-state index in [-0.39, 0.29) is 0 Å². The third kappa shape index (κ3) is 5.87. The summed E-state index contributed by atoms with van der Waals surface area (Å²) in [7, 11) is 0.331. The number of hydrogen-bond acceptors (Lipinski definition) is 0. The highest BCUT2D eigenvalue weighted by molar-refractivity contribution is 6.47. The van der Waals surface area contributed by atoms with E-state index in [1.54, 1.807) is 0 Å². The van der Waals surface area contributed by atoms with Gasteiger partial charge in [-0.3, -0.25) is 0 Å². The summed E-state index contributed by atoms with van der Waals surface area (Å²) in [6.45, 7) is 10.2. The van der Waals surface area contributed by atoms with Crippen molar-refractivity contribution in [1.82, 2.24) is 0 Å². The van der Waals surface area contributed by atoms with Gasteiger partial charge in [-0.2, -0.15) is 5.33 Å². The van der Waals surface area contributed by atoms with Gasteiger partial charge >= 0.3 is 0 Å². The Kier molecular flexibility index (Phi) is 2.20. The van der Waals surface area contributed by atoms with E-state index in [0.717, 1.165) is 0 Å².